The minimum atomic E-state index is -0.922. The van der Waals surface area contributed by atoms with Crippen LogP contribution in [0.3, 0.4) is 0 Å². The van der Waals surface area contributed by atoms with Crippen molar-refractivity contribution >= 4 is 35.1 Å². The Kier molecular flexibility index (Phi) is 6.05. The number of hydrogen-bond acceptors (Lipinski definition) is 2. The number of amides is 1. The molecule has 21 heavy (non-hydrogen) atoms. The molecule has 4 nitrogen and oxygen atoms in total. The van der Waals surface area contributed by atoms with Gasteiger partial charge in [0.2, 0.25) is 0 Å². The Hall–Kier alpha value is -1.26. The smallest absolute Gasteiger partial charge is 0.308 e. The quantitative estimate of drug-likeness (QED) is 0.860. The van der Waals surface area contributed by atoms with Crippen LogP contribution in [-0.4, -0.2) is 23.5 Å². The van der Waals surface area contributed by atoms with Crippen molar-refractivity contribution in [2.75, 3.05) is 6.54 Å². The molecule has 0 saturated heterocycles. The molecule has 0 fully saturated rings. The summed E-state index contributed by atoms with van der Waals surface area (Å²) in [5, 5.41) is 12.6. The summed E-state index contributed by atoms with van der Waals surface area (Å²) in [7, 11) is 0. The number of carbonyl (C=O) groups is 2. The van der Waals surface area contributed by atoms with Gasteiger partial charge in [-0.1, -0.05) is 44.0 Å². The Morgan fingerprint density at radius 1 is 1.19 bits per heavy atom. The van der Waals surface area contributed by atoms with Gasteiger partial charge in [-0.15, -0.1) is 0 Å². The number of nitrogens with one attached hydrogen (secondary N) is 1. The van der Waals surface area contributed by atoms with Crippen molar-refractivity contribution in [1.29, 1.82) is 0 Å². The van der Waals surface area contributed by atoms with Crippen LogP contribution in [0.2, 0.25) is 10.0 Å². The average molecular weight is 332 g/mol. The lowest BCUT2D eigenvalue weighted by Crippen LogP contribution is -2.35. The molecular weight excluding hydrogens is 313 g/mol. The molecule has 1 atom stereocenters. The van der Waals surface area contributed by atoms with Gasteiger partial charge in [-0.05, 0) is 30.0 Å². The molecule has 0 saturated carbocycles. The molecule has 1 unspecified atom stereocenters. The average Bonchev–Trinajstić information content (AvgIpc) is 2.31. The van der Waals surface area contributed by atoms with Crippen LogP contribution in [0.25, 0.3) is 0 Å². The van der Waals surface area contributed by atoms with Crippen LogP contribution in [0.4, 0.5) is 0 Å². The van der Waals surface area contributed by atoms with E-state index in [4.69, 9.17) is 23.2 Å². The van der Waals surface area contributed by atoms with Crippen LogP contribution in [0.15, 0.2) is 18.2 Å². The zero-order valence-electron chi connectivity index (χ0n) is 12.2. The van der Waals surface area contributed by atoms with E-state index in [1.54, 1.807) is 0 Å². The first kappa shape index (κ1) is 17.8. The van der Waals surface area contributed by atoms with E-state index in [-0.39, 0.29) is 17.9 Å². The molecule has 1 amide bonds. The summed E-state index contributed by atoms with van der Waals surface area (Å²) in [5.74, 6) is -1.95. The van der Waals surface area contributed by atoms with Gasteiger partial charge in [0.1, 0.15) is 0 Å². The SMILES string of the molecule is CC(C)(C)CC(CNC(=O)c1cc(Cl)cc(Cl)c1)C(=O)O. The van der Waals surface area contributed by atoms with Gasteiger partial charge in [0.25, 0.3) is 5.91 Å². The first-order valence-electron chi connectivity index (χ1n) is 6.55. The lowest BCUT2D eigenvalue weighted by Gasteiger charge is -2.23. The minimum absolute atomic E-state index is 0.0650. The number of carbonyl (C=O) groups excluding carboxylic acids is 1. The molecule has 0 heterocycles. The molecule has 0 aliphatic rings. The summed E-state index contributed by atoms with van der Waals surface area (Å²) in [5.41, 5.74) is 0.181. The van der Waals surface area contributed by atoms with Gasteiger partial charge < -0.3 is 10.4 Å². The Bertz CT molecular complexity index is 518. The van der Waals surface area contributed by atoms with Crippen molar-refractivity contribution in [1.82, 2.24) is 5.32 Å². The highest BCUT2D eigenvalue weighted by Crippen LogP contribution is 2.24. The van der Waals surface area contributed by atoms with Gasteiger partial charge in [0.15, 0.2) is 0 Å². The number of carboxylic acids is 1. The Balaban J connectivity index is 2.71. The highest BCUT2D eigenvalue weighted by atomic mass is 35.5. The maximum atomic E-state index is 12.0. The first-order valence-corrected chi connectivity index (χ1v) is 7.31. The van der Waals surface area contributed by atoms with Crippen LogP contribution in [-0.2, 0) is 4.79 Å². The van der Waals surface area contributed by atoms with Crippen LogP contribution < -0.4 is 5.32 Å². The lowest BCUT2D eigenvalue weighted by molar-refractivity contribution is -0.142. The van der Waals surface area contributed by atoms with Crippen molar-refractivity contribution in [3.8, 4) is 0 Å². The van der Waals surface area contributed by atoms with Crippen LogP contribution in [0.5, 0.6) is 0 Å². The molecule has 0 spiro atoms. The molecule has 1 aromatic carbocycles. The summed E-state index contributed by atoms with van der Waals surface area (Å²) in [6.45, 7) is 5.94. The van der Waals surface area contributed by atoms with Crippen LogP contribution in [0, 0.1) is 11.3 Å². The summed E-state index contributed by atoms with van der Waals surface area (Å²) < 4.78 is 0. The summed E-state index contributed by atoms with van der Waals surface area (Å²) in [4.78, 5) is 23.3. The van der Waals surface area contributed by atoms with Gasteiger partial charge in [0, 0.05) is 22.2 Å². The maximum Gasteiger partial charge on any atom is 0.308 e. The molecule has 1 aromatic rings. The Morgan fingerprint density at radius 2 is 1.71 bits per heavy atom. The van der Waals surface area contributed by atoms with E-state index in [9.17, 15) is 14.7 Å². The number of aliphatic carboxylic acids is 1. The molecule has 6 heteroatoms. The fraction of sp³-hybridized carbons (Fsp3) is 0.467. The molecule has 2 N–H and O–H groups in total. The minimum Gasteiger partial charge on any atom is -0.481 e. The second-order valence-electron chi connectivity index (χ2n) is 6.17. The van der Waals surface area contributed by atoms with Crippen LogP contribution in [0.1, 0.15) is 37.6 Å². The number of benzene rings is 1. The Labute approximate surface area is 134 Å². The normalized spacial score (nSPS) is 12.8. The topological polar surface area (TPSA) is 66.4 Å². The van der Waals surface area contributed by atoms with E-state index in [1.165, 1.54) is 18.2 Å². The molecule has 0 aliphatic carbocycles. The third-order valence-electron chi connectivity index (χ3n) is 2.84. The molecule has 116 valence electrons. The molecule has 0 radical (unpaired) electrons. The fourth-order valence-corrected chi connectivity index (χ4v) is 2.51. The zero-order chi connectivity index (χ0) is 16.2. The highest BCUT2D eigenvalue weighted by molar-refractivity contribution is 6.35. The summed E-state index contributed by atoms with van der Waals surface area (Å²) in [6.07, 6.45) is 0.471. The fourth-order valence-electron chi connectivity index (χ4n) is 1.99. The summed E-state index contributed by atoms with van der Waals surface area (Å²) >= 11 is 11.7. The number of hydrogen-bond donors (Lipinski definition) is 2. The van der Waals surface area contributed by atoms with E-state index in [2.05, 4.69) is 5.32 Å². The second kappa shape index (κ2) is 7.14. The number of halogens is 2. The first-order chi connectivity index (χ1) is 9.58. The van der Waals surface area contributed by atoms with Gasteiger partial charge in [0.05, 0.1) is 5.92 Å². The van der Waals surface area contributed by atoms with E-state index in [0.29, 0.717) is 22.0 Å². The van der Waals surface area contributed by atoms with Gasteiger partial charge in [-0.2, -0.15) is 0 Å². The highest BCUT2D eigenvalue weighted by Gasteiger charge is 2.25. The molecular formula is C15H19Cl2NO3. The predicted octanol–water partition coefficient (Wildman–Crippen LogP) is 3.86. The molecule has 0 aliphatic heterocycles. The third kappa shape index (κ3) is 6.36. The van der Waals surface area contributed by atoms with E-state index in [0.717, 1.165) is 0 Å². The van der Waals surface area contributed by atoms with Crippen molar-refractivity contribution in [2.45, 2.75) is 27.2 Å². The largest absolute Gasteiger partial charge is 0.481 e. The standard InChI is InChI=1S/C15H19Cl2NO3/c1-15(2,3)7-10(14(20)21)8-18-13(19)9-4-11(16)6-12(17)5-9/h4-6,10H,7-8H2,1-3H3,(H,18,19)(H,20,21). The van der Waals surface area contributed by atoms with E-state index < -0.39 is 11.9 Å². The third-order valence-corrected chi connectivity index (χ3v) is 3.28. The molecule has 1 rings (SSSR count). The van der Waals surface area contributed by atoms with Crippen molar-refractivity contribution in [3.63, 3.8) is 0 Å². The maximum absolute atomic E-state index is 12.0. The number of carboxylic acid groups (broad SMARTS) is 1. The number of rotatable bonds is 5. The lowest BCUT2D eigenvalue weighted by atomic mass is 9.84. The monoisotopic (exact) mass is 331 g/mol. The predicted molar refractivity (Wildman–Crippen MR) is 84.0 cm³/mol. The van der Waals surface area contributed by atoms with Gasteiger partial charge >= 0.3 is 5.97 Å². The van der Waals surface area contributed by atoms with Crippen molar-refractivity contribution in [2.24, 2.45) is 11.3 Å². The van der Waals surface area contributed by atoms with Gasteiger partial charge in [-0.25, -0.2) is 0 Å². The summed E-state index contributed by atoms with van der Waals surface area (Å²) in [6, 6.07) is 4.50. The van der Waals surface area contributed by atoms with Crippen molar-refractivity contribution in [3.05, 3.63) is 33.8 Å². The second-order valence-corrected chi connectivity index (χ2v) is 7.04. The molecule has 0 aromatic heterocycles. The van der Waals surface area contributed by atoms with E-state index >= 15 is 0 Å². The van der Waals surface area contributed by atoms with Crippen LogP contribution >= 0.6 is 23.2 Å². The Morgan fingerprint density at radius 3 is 2.14 bits per heavy atom. The molecule has 0 bridgehead atoms. The van der Waals surface area contributed by atoms with Crippen molar-refractivity contribution < 1.29 is 14.7 Å². The van der Waals surface area contributed by atoms with Gasteiger partial charge in [-0.3, -0.25) is 9.59 Å². The van der Waals surface area contributed by atoms with E-state index in [1.807, 2.05) is 20.8 Å². The zero-order valence-corrected chi connectivity index (χ0v) is 13.8.